The topological polar surface area (TPSA) is 125 Å². The average molecular weight is 498 g/mol. The number of amides is 1. The van der Waals surface area contributed by atoms with Crippen molar-refractivity contribution in [1.82, 2.24) is 4.90 Å². The lowest BCUT2D eigenvalue weighted by molar-refractivity contribution is 0.0696. The normalized spacial score (nSPS) is 14.0. The Hall–Kier alpha value is -3.18. The van der Waals surface area contributed by atoms with Crippen LogP contribution < -0.4 is 14.4 Å². The predicted octanol–water partition coefficient (Wildman–Crippen LogP) is 3.13. The summed E-state index contributed by atoms with van der Waals surface area (Å²) in [6, 6.07) is 8.23. The quantitative estimate of drug-likeness (QED) is 0.597. The molecule has 2 aromatic rings. The first kappa shape index (κ1) is 24.5. The molecule has 2 aromatic carbocycles. The molecule has 1 saturated heterocycles. The van der Waals surface area contributed by atoms with Gasteiger partial charge in [0.2, 0.25) is 0 Å². The Labute approximate surface area is 196 Å². The van der Waals surface area contributed by atoms with Gasteiger partial charge in [-0.25, -0.2) is 18.0 Å². The molecule has 1 heterocycles. The molecule has 0 spiro atoms. The maximum atomic E-state index is 13.0. The third kappa shape index (κ3) is 5.60. The number of carboxylic acids is 1. The summed E-state index contributed by atoms with van der Waals surface area (Å²) in [4.78, 5) is 26.8. The summed E-state index contributed by atoms with van der Waals surface area (Å²) in [5, 5.41) is 9.51. The molecule has 3 rings (SSSR count). The molecule has 2 N–H and O–H groups in total. The second kappa shape index (κ2) is 10.2. The fraction of sp³-hybridized carbons (Fsp3) is 0.333. The summed E-state index contributed by atoms with van der Waals surface area (Å²) in [6.45, 7) is 3.58. The van der Waals surface area contributed by atoms with Gasteiger partial charge in [-0.05, 0) is 43.3 Å². The number of carboxylic acid groups (broad SMARTS) is 1. The summed E-state index contributed by atoms with van der Waals surface area (Å²) in [5.74, 6) is -0.870. The van der Waals surface area contributed by atoms with E-state index >= 15 is 0 Å². The van der Waals surface area contributed by atoms with E-state index < -0.39 is 22.1 Å². The summed E-state index contributed by atoms with van der Waals surface area (Å²) in [6.07, 6.45) is -0.407. The number of nitrogens with zero attached hydrogens (tertiary/aromatic N) is 2. The predicted molar refractivity (Wildman–Crippen MR) is 123 cm³/mol. The van der Waals surface area contributed by atoms with Crippen molar-refractivity contribution in [1.29, 1.82) is 0 Å². The number of sulfonamides is 1. The number of halogens is 1. The molecule has 0 unspecified atom stereocenters. The molecule has 33 heavy (non-hydrogen) atoms. The molecule has 1 amide bonds. The van der Waals surface area contributed by atoms with Crippen molar-refractivity contribution < 1.29 is 32.6 Å². The number of carbonyl (C=O) groups is 2. The smallest absolute Gasteiger partial charge is 0.409 e. The van der Waals surface area contributed by atoms with Crippen molar-refractivity contribution in [3.63, 3.8) is 0 Å². The number of nitrogens with one attached hydrogen (secondary N) is 1. The highest BCUT2D eigenvalue weighted by molar-refractivity contribution is 7.92. The maximum absolute atomic E-state index is 13.0. The van der Waals surface area contributed by atoms with Crippen LogP contribution in [-0.2, 0) is 14.8 Å². The number of anilines is 2. The zero-order valence-corrected chi connectivity index (χ0v) is 19.6. The van der Waals surface area contributed by atoms with E-state index in [1.54, 1.807) is 17.9 Å². The molecule has 10 nitrogen and oxygen atoms in total. The molecule has 0 radical (unpaired) electrons. The molecule has 1 aliphatic heterocycles. The van der Waals surface area contributed by atoms with Crippen molar-refractivity contribution in [2.45, 2.75) is 11.8 Å². The third-order valence-electron chi connectivity index (χ3n) is 5.07. The third-order valence-corrected chi connectivity index (χ3v) is 6.73. The first-order valence-corrected chi connectivity index (χ1v) is 11.9. The minimum Gasteiger partial charge on any atom is -0.495 e. The van der Waals surface area contributed by atoms with E-state index in [2.05, 4.69) is 4.72 Å². The van der Waals surface area contributed by atoms with E-state index in [4.69, 9.17) is 21.1 Å². The Morgan fingerprint density at radius 2 is 1.82 bits per heavy atom. The number of hydrogen-bond acceptors (Lipinski definition) is 7. The van der Waals surface area contributed by atoms with Gasteiger partial charge in [-0.1, -0.05) is 11.6 Å². The van der Waals surface area contributed by atoms with Crippen molar-refractivity contribution in [2.75, 3.05) is 49.5 Å². The summed E-state index contributed by atoms with van der Waals surface area (Å²) >= 11 is 6.07. The second-order valence-corrected chi connectivity index (χ2v) is 9.20. The number of carbonyl (C=O) groups excluding carboxylic acids is 1. The molecule has 0 atom stereocenters. The van der Waals surface area contributed by atoms with E-state index in [1.165, 1.54) is 37.4 Å². The zero-order chi connectivity index (χ0) is 24.2. The van der Waals surface area contributed by atoms with E-state index in [-0.39, 0.29) is 27.8 Å². The Morgan fingerprint density at radius 3 is 2.39 bits per heavy atom. The largest absolute Gasteiger partial charge is 0.495 e. The summed E-state index contributed by atoms with van der Waals surface area (Å²) < 4.78 is 38.6. The average Bonchev–Trinajstić information content (AvgIpc) is 2.79. The molecular formula is C21H24ClN3O7S. The molecular weight excluding hydrogens is 474 g/mol. The van der Waals surface area contributed by atoms with E-state index in [0.717, 1.165) is 0 Å². The summed E-state index contributed by atoms with van der Waals surface area (Å²) in [5.41, 5.74) is 0.521. The van der Waals surface area contributed by atoms with E-state index in [0.29, 0.717) is 37.6 Å². The zero-order valence-electron chi connectivity index (χ0n) is 18.1. The van der Waals surface area contributed by atoms with Crippen molar-refractivity contribution in [2.24, 2.45) is 0 Å². The number of benzene rings is 2. The van der Waals surface area contributed by atoms with Crippen LogP contribution in [0.5, 0.6) is 5.75 Å². The van der Waals surface area contributed by atoms with Crippen LogP contribution in [0.15, 0.2) is 41.3 Å². The number of ether oxygens (including phenoxy) is 2. The van der Waals surface area contributed by atoms with Crippen LogP contribution in [0.25, 0.3) is 0 Å². The van der Waals surface area contributed by atoms with Gasteiger partial charge in [0.15, 0.2) is 0 Å². The highest BCUT2D eigenvalue weighted by Crippen LogP contribution is 2.32. The van der Waals surface area contributed by atoms with Gasteiger partial charge in [-0.2, -0.15) is 0 Å². The highest BCUT2D eigenvalue weighted by Gasteiger charge is 2.26. The van der Waals surface area contributed by atoms with Gasteiger partial charge in [0.05, 0.1) is 40.6 Å². The van der Waals surface area contributed by atoms with Crippen LogP contribution in [0.3, 0.4) is 0 Å². The Bertz CT molecular complexity index is 1150. The monoisotopic (exact) mass is 497 g/mol. The van der Waals surface area contributed by atoms with Crippen LogP contribution in [0.4, 0.5) is 16.2 Å². The molecule has 1 fully saturated rings. The lowest BCUT2D eigenvalue weighted by Gasteiger charge is -2.36. The van der Waals surface area contributed by atoms with Gasteiger partial charge >= 0.3 is 12.1 Å². The number of methoxy groups -OCH3 is 1. The Balaban J connectivity index is 1.89. The van der Waals surface area contributed by atoms with Crippen LogP contribution in [0, 0.1) is 0 Å². The van der Waals surface area contributed by atoms with Gasteiger partial charge in [-0.15, -0.1) is 0 Å². The molecule has 0 aromatic heterocycles. The van der Waals surface area contributed by atoms with Gasteiger partial charge in [0, 0.05) is 26.2 Å². The van der Waals surface area contributed by atoms with Gasteiger partial charge in [-0.3, -0.25) is 4.72 Å². The van der Waals surface area contributed by atoms with Crippen molar-refractivity contribution in [3.8, 4) is 5.75 Å². The molecule has 12 heteroatoms. The van der Waals surface area contributed by atoms with E-state index in [1.807, 2.05) is 4.90 Å². The van der Waals surface area contributed by atoms with Crippen LogP contribution in [0.2, 0.25) is 5.02 Å². The number of piperazine rings is 1. The fourth-order valence-electron chi connectivity index (χ4n) is 3.39. The summed E-state index contributed by atoms with van der Waals surface area (Å²) in [7, 11) is -2.67. The number of hydrogen-bond donors (Lipinski definition) is 2. The standard InChI is InChI=1S/C21H24ClN3O7S/c1-3-32-21(28)25-10-8-24(9-11-25)18-6-4-14(20(26)27)12-17(18)23-33(29,30)15-5-7-19(31-2)16(22)13-15/h4-7,12-13,23H,3,8-11H2,1-2H3,(H,26,27). The van der Waals surface area contributed by atoms with Gasteiger partial charge in [0.1, 0.15) is 5.75 Å². The Kier molecular flexibility index (Phi) is 7.54. The minimum atomic E-state index is -4.09. The van der Waals surface area contributed by atoms with Crippen LogP contribution >= 0.6 is 11.6 Å². The molecule has 178 valence electrons. The number of aromatic carboxylic acids is 1. The van der Waals surface area contributed by atoms with Crippen molar-refractivity contribution >= 4 is 45.1 Å². The second-order valence-electron chi connectivity index (χ2n) is 7.11. The van der Waals surface area contributed by atoms with Gasteiger partial charge < -0.3 is 24.4 Å². The maximum Gasteiger partial charge on any atom is 0.409 e. The molecule has 0 saturated carbocycles. The van der Waals surface area contributed by atoms with Crippen LogP contribution in [-0.4, -0.2) is 70.4 Å². The Morgan fingerprint density at radius 1 is 1.12 bits per heavy atom. The minimum absolute atomic E-state index is 0.0747. The lowest BCUT2D eigenvalue weighted by Crippen LogP contribution is -2.49. The molecule has 1 aliphatic rings. The SMILES string of the molecule is CCOC(=O)N1CCN(c2ccc(C(=O)O)cc2NS(=O)(=O)c2ccc(OC)c(Cl)c2)CC1. The first-order chi connectivity index (χ1) is 15.7. The van der Waals surface area contributed by atoms with Gasteiger partial charge in [0.25, 0.3) is 10.0 Å². The van der Waals surface area contributed by atoms with E-state index in [9.17, 15) is 23.1 Å². The highest BCUT2D eigenvalue weighted by atomic mass is 35.5. The lowest BCUT2D eigenvalue weighted by atomic mass is 10.1. The fourth-order valence-corrected chi connectivity index (χ4v) is 4.80. The molecule has 0 bridgehead atoms. The van der Waals surface area contributed by atoms with Crippen molar-refractivity contribution in [3.05, 3.63) is 47.0 Å². The number of rotatable bonds is 7. The first-order valence-electron chi connectivity index (χ1n) is 10.1. The van der Waals surface area contributed by atoms with Crippen LogP contribution in [0.1, 0.15) is 17.3 Å². The molecule has 0 aliphatic carbocycles.